The van der Waals surface area contributed by atoms with Gasteiger partial charge in [-0.15, -0.1) is 0 Å². The molecule has 1 unspecified atom stereocenters. The van der Waals surface area contributed by atoms with E-state index in [0.29, 0.717) is 26.2 Å². The number of sulfonamides is 2. The van der Waals surface area contributed by atoms with E-state index < -0.39 is 20.0 Å². The Morgan fingerprint density at radius 2 is 1.32 bits per heavy atom. The molecule has 0 aliphatic carbocycles. The molecule has 1 N–H and O–H groups in total. The largest absolute Gasteiger partial charge is 0.316 e. The fourth-order valence-electron chi connectivity index (χ4n) is 3.41. The van der Waals surface area contributed by atoms with Crippen LogP contribution in [0.3, 0.4) is 0 Å². The van der Waals surface area contributed by atoms with Crippen LogP contribution in [0, 0.1) is 0 Å². The minimum atomic E-state index is -3.60. The Kier molecular flexibility index (Phi) is 5.50. The highest BCUT2D eigenvalue weighted by Crippen LogP contribution is 2.25. The van der Waals surface area contributed by atoms with Crippen molar-refractivity contribution in [2.45, 2.75) is 41.5 Å². The molecule has 2 heterocycles. The van der Waals surface area contributed by atoms with Crippen LogP contribution in [0.25, 0.3) is 0 Å². The van der Waals surface area contributed by atoms with Gasteiger partial charge in [0.25, 0.3) is 0 Å². The van der Waals surface area contributed by atoms with Gasteiger partial charge in [-0.05, 0) is 57.0 Å². The molecule has 2 aliphatic rings. The van der Waals surface area contributed by atoms with Crippen LogP contribution >= 0.6 is 0 Å². The number of hydrogen-bond donors (Lipinski definition) is 1. The second-order valence-electron chi connectivity index (χ2n) is 6.57. The predicted octanol–water partition coefficient (Wildman–Crippen LogP) is 0.844. The van der Waals surface area contributed by atoms with Crippen LogP contribution in [0.1, 0.15) is 25.7 Å². The molecule has 0 aromatic heterocycles. The molecule has 25 heavy (non-hydrogen) atoms. The van der Waals surface area contributed by atoms with Crippen LogP contribution in [-0.2, 0) is 20.0 Å². The number of hydrogen-bond acceptors (Lipinski definition) is 5. The van der Waals surface area contributed by atoms with Crippen LogP contribution in [0.5, 0.6) is 0 Å². The lowest BCUT2D eigenvalue weighted by molar-refractivity contribution is 0.293. The number of piperidine rings is 1. The summed E-state index contributed by atoms with van der Waals surface area (Å²) in [4.78, 5) is 0.296. The first-order chi connectivity index (χ1) is 11.9. The van der Waals surface area contributed by atoms with E-state index in [0.717, 1.165) is 25.7 Å². The normalized spacial score (nSPS) is 23.8. The Bertz CT molecular complexity index is 800. The summed E-state index contributed by atoms with van der Waals surface area (Å²) in [6, 6.07) is 5.76. The van der Waals surface area contributed by atoms with E-state index in [4.69, 9.17) is 0 Å². The van der Waals surface area contributed by atoms with Crippen molar-refractivity contribution in [3.05, 3.63) is 24.3 Å². The molecule has 1 aromatic rings. The highest BCUT2D eigenvalue weighted by atomic mass is 32.2. The summed E-state index contributed by atoms with van der Waals surface area (Å²) in [5, 5.41) is 3.13. The van der Waals surface area contributed by atoms with Crippen LogP contribution in [0.4, 0.5) is 0 Å². The van der Waals surface area contributed by atoms with Gasteiger partial charge in [0.1, 0.15) is 0 Å². The van der Waals surface area contributed by atoms with Crippen LogP contribution < -0.4 is 5.32 Å². The van der Waals surface area contributed by atoms with Crippen LogP contribution in [-0.4, -0.2) is 64.7 Å². The molecule has 3 rings (SSSR count). The lowest BCUT2D eigenvalue weighted by Crippen LogP contribution is -2.46. The Morgan fingerprint density at radius 3 is 1.84 bits per heavy atom. The highest BCUT2D eigenvalue weighted by Gasteiger charge is 2.31. The second kappa shape index (κ2) is 7.32. The smallest absolute Gasteiger partial charge is 0.243 e. The molecule has 1 aromatic carbocycles. The van der Waals surface area contributed by atoms with Crippen LogP contribution in [0.15, 0.2) is 34.1 Å². The third-order valence-corrected chi connectivity index (χ3v) is 8.75. The highest BCUT2D eigenvalue weighted by molar-refractivity contribution is 7.89. The summed E-state index contributed by atoms with van der Waals surface area (Å²) in [5.74, 6) is 0. The molecule has 0 amide bonds. The monoisotopic (exact) mass is 387 g/mol. The minimum Gasteiger partial charge on any atom is -0.316 e. The van der Waals surface area contributed by atoms with Crippen molar-refractivity contribution in [1.29, 1.82) is 0 Å². The average molecular weight is 388 g/mol. The van der Waals surface area contributed by atoms with Crippen molar-refractivity contribution in [3.63, 3.8) is 0 Å². The SMILES string of the molecule is CNC1CCCN(S(=O)(=O)c2ccc(S(=O)(=O)N3CCCC3)cc2)C1. The molecular formula is C16H25N3O4S2. The predicted molar refractivity (Wildman–Crippen MR) is 95.3 cm³/mol. The fourth-order valence-corrected chi connectivity index (χ4v) is 6.45. The number of nitrogens with one attached hydrogen (secondary N) is 1. The van der Waals surface area contributed by atoms with E-state index in [2.05, 4.69) is 5.32 Å². The van der Waals surface area contributed by atoms with Crippen LogP contribution in [0.2, 0.25) is 0 Å². The maximum absolute atomic E-state index is 12.8. The molecular weight excluding hydrogens is 362 g/mol. The quantitative estimate of drug-likeness (QED) is 0.809. The van der Waals surface area contributed by atoms with Crippen molar-refractivity contribution in [1.82, 2.24) is 13.9 Å². The Balaban J connectivity index is 1.82. The third kappa shape index (κ3) is 3.75. The van der Waals surface area contributed by atoms with E-state index in [9.17, 15) is 16.8 Å². The molecule has 0 radical (unpaired) electrons. The molecule has 0 bridgehead atoms. The number of likely N-dealkylation sites (N-methyl/N-ethyl adjacent to an activating group) is 1. The zero-order chi connectivity index (χ0) is 18.1. The fraction of sp³-hybridized carbons (Fsp3) is 0.625. The van der Waals surface area contributed by atoms with Gasteiger partial charge in [0.05, 0.1) is 9.79 Å². The Hall–Kier alpha value is -1.00. The van der Waals surface area contributed by atoms with E-state index in [1.54, 1.807) is 0 Å². The molecule has 140 valence electrons. The molecule has 7 nitrogen and oxygen atoms in total. The first kappa shape index (κ1) is 18.8. The van der Waals surface area contributed by atoms with Gasteiger partial charge < -0.3 is 5.32 Å². The molecule has 1 atom stereocenters. The maximum Gasteiger partial charge on any atom is 0.243 e. The summed E-state index contributed by atoms with van der Waals surface area (Å²) in [6.07, 6.45) is 3.50. The van der Waals surface area contributed by atoms with E-state index in [1.165, 1.54) is 32.9 Å². The van der Waals surface area contributed by atoms with E-state index in [-0.39, 0.29) is 15.8 Å². The summed E-state index contributed by atoms with van der Waals surface area (Å²) in [6.45, 7) is 1.99. The first-order valence-corrected chi connectivity index (χ1v) is 11.5. The average Bonchev–Trinajstić information content (AvgIpc) is 3.17. The Morgan fingerprint density at radius 1 is 0.840 bits per heavy atom. The van der Waals surface area contributed by atoms with Gasteiger partial charge in [-0.25, -0.2) is 16.8 Å². The number of rotatable bonds is 5. The van der Waals surface area contributed by atoms with Gasteiger partial charge in [0.15, 0.2) is 0 Å². The number of nitrogens with zero attached hydrogens (tertiary/aromatic N) is 2. The van der Waals surface area contributed by atoms with Crippen molar-refractivity contribution >= 4 is 20.0 Å². The van der Waals surface area contributed by atoms with Gasteiger partial charge in [0, 0.05) is 32.2 Å². The lowest BCUT2D eigenvalue weighted by Gasteiger charge is -2.31. The van der Waals surface area contributed by atoms with Crippen molar-refractivity contribution in [2.75, 3.05) is 33.2 Å². The maximum atomic E-state index is 12.8. The molecule has 2 saturated heterocycles. The second-order valence-corrected chi connectivity index (χ2v) is 10.4. The third-order valence-electron chi connectivity index (χ3n) is 4.96. The van der Waals surface area contributed by atoms with Gasteiger partial charge in [-0.3, -0.25) is 0 Å². The molecule has 2 aliphatic heterocycles. The minimum absolute atomic E-state index is 0.143. The molecule has 2 fully saturated rings. The van der Waals surface area contributed by atoms with E-state index >= 15 is 0 Å². The van der Waals surface area contributed by atoms with Gasteiger partial charge >= 0.3 is 0 Å². The summed E-state index contributed by atoms with van der Waals surface area (Å²) in [7, 11) is -5.29. The topological polar surface area (TPSA) is 86.8 Å². The zero-order valence-corrected chi connectivity index (χ0v) is 16.0. The molecule has 9 heteroatoms. The standard InChI is InChI=1S/C16H25N3O4S2/c1-17-14-5-4-12-19(13-14)25(22,23)16-8-6-15(7-9-16)24(20,21)18-10-2-3-11-18/h6-9,14,17H,2-5,10-13H2,1H3. The zero-order valence-electron chi connectivity index (χ0n) is 14.4. The summed E-state index contributed by atoms with van der Waals surface area (Å²) in [5.41, 5.74) is 0. The lowest BCUT2D eigenvalue weighted by atomic mass is 10.1. The van der Waals surface area contributed by atoms with Gasteiger partial charge in [-0.2, -0.15) is 8.61 Å². The summed E-state index contributed by atoms with van der Waals surface area (Å²) < 4.78 is 53.6. The van der Waals surface area contributed by atoms with Crippen molar-refractivity contribution in [2.24, 2.45) is 0 Å². The summed E-state index contributed by atoms with van der Waals surface area (Å²) >= 11 is 0. The number of benzene rings is 1. The molecule has 0 spiro atoms. The Labute approximate surface area is 150 Å². The van der Waals surface area contributed by atoms with E-state index in [1.807, 2.05) is 7.05 Å². The van der Waals surface area contributed by atoms with Crippen molar-refractivity contribution < 1.29 is 16.8 Å². The van der Waals surface area contributed by atoms with Gasteiger partial charge in [-0.1, -0.05) is 0 Å². The van der Waals surface area contributed by atoms with Crippen molar-refractivity contribution in [3.8, 4) is 0 Å². The molecule has 0 saturated carbocycles. The first-order valence-electron chi connectivity index (χ1n) is 8.63. The van der Waals surface area contributed by atoms with Gasteiger partial charge in [0.2, 0.25) is 20.0 Å².